The Balaban J connectivity index is 3.33. The molecule has 0 saturated carbocycles. The van der Waals surface area contributed by atoms with Crippen molar-refractivity contribution >= 4 is 28.6 Å². The maximum Gasteiger partial charge on any atom is 0.574 e. The van der Waals surface area contributed by atoms with Crippen molar-refractivity contribution in [1.29, 1.82) is 0 Å². The summed E-state index contributed by atoms with van der Waals surface area (Å²) < 4.78 is 39.9. The van der Waals surface area contributed by atoms with Crippen LogP contribution in [0.25, 0.3) is 0 Å². The highest BCUT2D eigenvalue weighted by molar-refractivity contribution is 14.1. The molecule has 0 aliphatic heterocycles. The van der Waals surface area contributed by atoms with E-state index >= 15 is 0 Å². The van der Waals surface area contributed by atoms with Crippen LogP contribution < -0.4 is 10.5 Å². The molecule has 1 rings (SSSR count). The molecule has 0 saturated heterocycles. The third-order valence-corrected chi connectivity index (χ3v) is 2.54. The van der Waals surface area contributed by atoms with Crippen LogP contribution in [0.5, 0.6) is 5.88 Å². The highest BCUT2D eigenvalue weighted by Crippen LogP contribution is 2.28. The predicted octanol–water partition coefficient (Wildman–Crippen LogP) is 1.74. The molecule has 1 heterocycles. The number of aromatic nitrogens is 1. The van der Waals surface area contributed by atoms with Gasteiger partial charge in [-0.15, -0.1) is 13.2 Å². The van der Waals surface area contributed by atoms with Crippen molar-refractivity contribution in [3.8, 4) is 5.88 Å². The SMILES string of the molecule is NCc1c(OC(F)(F)F)ncc(I)c1C(=O)O. The number of nitrogens with two attached hydrogens (primary N) is 1. The van der Waals surface area contributed by atoms with Gasteiger partial charge in [0.1, 0.15) is 0 Å². The molecule has 94 valence electrons. The lowest BCUT2D eigenvalue weighted by Gasteiger charge is -2.13. The molecule has 0 bridgehead atoms. The molecule has 0 unspecified atom stereocenters. The van der Waals surface area contributed by atoms with Crippen LogP contribution in [-0.4, -0.2) is 22.4 Å². The molecule has 0 amide bonds. The van der Waals surface area contributed by atoms with Crippen molar-refractivity contribution in [1.82, 2.24) is 4.98 Å². The first kappa shape index (κ1) is 14.0. The second-order valence-corrected chi connectivity index (χ2v) is 3.98. The molecular weight excluding hydrogens is 356 g/mol. The second kappa shape index (κ2) is 5.04. The topological polar surface area (TPSA) is 85.4 Å². The van der Waals surface area contributed by atoms with Gasteiger partial charge in [0.15, 0.2) is 0 Å². The molecule has 5 nitrogen and oxygen atoms in total. The van der Waals surface area contributed by atoms with Crippen LogP contribution in [0.1, 0.15) is 15.9 Å². The molecular formula is C8H6F3IN2O3. The summed E-state index contributed by atoms with van der Waals surface area (Å²) in [6, 6.07) is 0. The van der Waals surface area contributed by atoms with Crippen molar-refractivity contribution in [2.45, 2.75) is 12.9 Å². The molecule has 3 N–H and O–H groups in total. The van der Waals surface area contributed by atoms with E-state index in [0.29, 0.717) is 0 Å². The third-order valence-electron chi connectivity index (χ3n) is 1.72. The van der Waals surface area contributed by atoms with Gasteiger partial charge in [0.25, 0.3) is 0 Å². The van der Waals surface area contributed by atoms with E-state index in [1.807, 2.05) is 0 Å². The quantitative estimate of drug-likeness (QED) is 0.801. The van der Waals surface area contributed by atoms with E-state index < -0.39 is 24.8 Å². The van der Waals surface area contributed by atoms with Gasteiger partial charge >= 0.3 is 12.3 Å². The van der Waals surface area contributed by atoms with Crippen LogP contribution in [0.2, 0.25) is 0 Å². The second-order valence-electron chi connectivity index (χ2n) is 2.82. The van der Waals surface area contributed by atoms with Gasteiger partial charge in [0, 0.05) is 21.9 Å². The fourth-order valence-corrected chi connectivity index (χ4v) is 1.82. The molecule has 0 fully saturated rings. The minimum Gasteiger partial charge on any atom is -0.478 e. The van der Waals surface area contributed by atoms with Crippen LogP contribution in [0.3, 0.4) is 0 Å². The molecule has 0 aliphatic rings. The van der Waals surface area contributed by atoms with Gasteiger partial charge in [-0.3, -0.25) is 0 Å². The van der Waals surface area contributed by atoms with Crippen LogP contribution in [0.15, 0.2) is 6.20 Å². The van der Waals surface area contributed by atoms with E-state index in [1.165, 1.54) is 0 Å². The van der Waals surface area contributed by atoms with E-state index in [1.54, 1.807) is 22.6 Å². The fraction of sp³-hybridized carbons (Fsp3) is 0.250. The molecule has 0 spiro atoms. The number of hydrogen-bond donors (Lipinski definition) is 2. The Morgan fingerprint density at radius 2 is 2.18 bits per heavy atom. The Kier molecular flexibility index (Phi) is 4.14. The first-order chi connectivity index (χ1) is 7.76. The number of alkyl halides is 3. The van der Waals surface area contributed by atoms with Gasteiger partial charge in [-0.05, 0) is 22.6 Å². The number of hydrogen-bond acceptors (Lipinski definition) is 4. The summed E-state index contributed by atoms with van der Waals surface area (Å²) in [6.45, 7) is -0.420. The first-order valence-corrected chi connectivity index (χ1v) is 5.20. The van der Waals surface area contributed by atoms with E-state index in [0.717, 1.165) is 6.20 Å². The average molecular weight is 362 g/mol. The molecule has 1 aromatic heterocycles. The van der Waals surface area contributed by atoms with E-state index in [-0.39, 0.29) is 14.7 Å². The van der Waals surface area contributed by atoms with Gasteiger partial charge < -0.3 is 15.6 Å². The molecule has 9 heteroatoms. The Bertz CT molecular complexity index is 450. The molecule has 0 aromatic carbocycles. The molecule has 0 atom stereocenters. The third kappa shape index (κ3) is 3.43. The number of halogens is 4. The monoisotopic (exact) mass is 362 g/mol. The normalized spacial score (nSPS) is 11.4. The number of carbonyl (C=O) groups is 1. The highest BCUT2D eigenvalue weighted by atomic mass is 127. The number of aromatic carboxylic acids is 1. The van der Waals surface area contributed by atoms with Gasteiger partial charge in [-0.25, -0.2) is 9.78 Å². The van der Waals surface area contributed by atoms with Crippen LogP contribution in [-0.2, 0) is 6.54 Å². The largest absolute Gasteiger partial charge is 0.574 e. The number of carboxylic acid groups (broad SMARTS) is 1. The maximum atomic E-state index is 12.0. The Labute approximate surface area is 107 Å². The van der Waals surface area contributed by atoms with Crippen molar-refractivity contribution in [3.63, 3.8) is 0 Å². The zero-order valence-electron chi connectivity index (χ0n) is 8.08. The number of ether oxygens (including phenoxy) is 1. The zero-order valence-corrected chi connectivity index (χ0v) is 10.2. The molecule has 1 aromatic rings. The lowest BCUT2D eigenvalue weighted by molar-refractivity contribution is -0.276. The summed E-state index contributed by atoms with van der Waals surface area (Å²) in [6.07, 6.45) is -3.97. The number of nitrogens with zero attached hydrogens (tertiary/aromatic N) is 1. The van der Waals surface area contributed by atoms with Crippen molar-refractivity contribution < 1.29 is 27.8 Å². The summed E-state index contributed by atoms with van der Waals surface area (Å²) in [7, 11) is 0. The fourth-order valence-electron chi connectivity index (χ4n) is 1.13. The summed E-state index contributed by atoms with van der Waals surface area (Å²) >= 11 is 1.64. The Morgan fingerprint density at radius 3 is 2.59 bits per heavy atom. The van der Waals surface area contributed by atoms with E-state index in [2.05, 4.69) is 9.72 Å². The standard InChI is InChI=1S/C8H6F3IN2O3/c9-8(10,11)17-6-3(1-13)5(7(15)16)4(12)2-14-6/h2H,1,13H2,(H,15,16). The van der Waals surface area contributed by atoms with E-state index in [9.17, 15) is 18.0 Å². The van der Waals surface area contributed by atoms with Gasteiger partial charge in [-0.2, -0.15) is 0 Å². The predicted molar refractivity (Wildman–Crippen MR) is 58.5 cm³/mol. The van der Waals surface area contributed by atoms with Crippen molar-refractivity contribution in [3.05, 3.63) is 20.9 Å². The van der Waals surface area contributed by atoms with Gasteiger partial charge in [-0.1, -0.05) is 0 Å². The van der Waals surface area contributed by atoms with Crippen molar-refractivity contribution in [2.24, 2.45) is 5.73 Å². The van der Waals surface area contributed by atoms with E-state index in [4.69, 9.17) is 10.8 Å². The molecule has 17 heavy (non-hydrogen) atoms. The van der Waals surface area contributed by atoms with Crippen LogP contribution >= 0.6 is 22.6 Å². The summed E-state index contributed by atoms with van der Waals surface area (Å²) in [4.78, 5) is 14.3. The van der Waals surface area contributed by atoms with Gasteiger partial charge in [0.2, 0.25) is 5.88 Å². The molecule has 0 aliphatic carbocycles. The number of carboxylic acids is 1. The Morgan fingerprint density at radius 1 is 1.59 bits per heavy atom. The van der Waals surface area contributed by atoms with Crippen molar-refractivity contribution in [2.75, 3.05) is 0 Å². The average Bonchev–Trinajstić information content (AvgIpc) is 2.17. The summed E-state index contributed by atoms with van der Waals surface area (Å²) in [5, 5.41) is 8.88. The number of rotatable bonds is 3. The summed E-state index contributed by atoms with van der Waals surface area (Å²) in [5.41, 5.74) is 4.60. The lowest BCUT2D eigenvalue weighted by atomic mass is 10.1. The smallest absolute Gasteiger partial charge is 0.478 e. The van der Waals surface area contributed by atoms with Crippen LogP contribution in [0.4, 0.5) is 13.2 Å². The maximum absolute atomic E-state index is 12.0. The van der Waals surface area contributed by atoms with Gasteiger partial charge in [0.05, 0.1) is 5.56 Å². The highest BCUT2D eigenvalue weighted by Gasteiger charge is 2.34. The zero-order chi connectivity index (χ0) is 13.2. The molecule has 0 radical (unpaired) electrons. The van der Waals surface area contributed by atoms with Crippen LogP contribution in [0, 0.1) is 3.57 Å². The summed E-state index contributed by atoms with van der Waals surface area (Å²) in [5.74, 6) is -2.22. The Hall–Kier alpha value is -1.10. The first-order valence-electron chi connectivity index (χ1n) is 4.12. The minimum absolute atomic E-state index is 0.185. The number of pyridine rings is 1. The lowest BCUT2D eigenvalue weighted by Crippen LogP contribution is -2.21. The minimum atomic E-state index is -4.94.